The van der Waals surface area contributed by atoms with E-state index in [1.165, 1.54) is 0 Å². The molecule has 3 nitrogen and oxygen atoms in total. The summed E-state index contributed by atoms with van der Waals surface area (Å²) in [5.41, 5.74) is 0.276. The molecule has 1 aromatic rings. The second kappa shape index (κ2) is 6.78. The molecule has 18 heavy (non-hydrogen) atoms. The van der Waals surface area contributed by atoms with Gasteiger partial charge in [0.05, 0.1) is 6.61 Å². The van der Waals surface area contributed by atoms with Gasteiger partial charge in [-0.2, -0.15) is 0 Å². The largest absolute Gasteiger partial charge is 0.464 e. The monoisotopic (exact) mass is 313 g/mol. The van der Waals surface area contributed by atoms with Gasteiger partial charge in [-0.25, -0.2) is 4.79 Å². The number of anilines is 1. The van der Waals surface area contributed by atoms with Gasteiger partial charge in [-0.3, -0.25) is 0 Å². The summed E-state index contributed by atoms with van der Waals surface area (Å²) in [6.45, 7) is 6.21. The number of nitrogens with one attached hydrogen (secondary N) is 1. The maximum Gasteiger partial charge on any atom is 0.331 e. The molecule has 0 unspecified atom stereocenters. The van der Waals surface area contributed by atoms with Gasteiger partial charge in [0, 0.05) is 10.2 Å². The number of halogens is 1. The van der Waals surface area contributed by atoms with Gasteiger partial charge < -0.3 is 10.1 Å². The third-order valence-corrected chi connectivity index (χ3v) is 3.57. The van der Waals surface area contributed by atoms with Crippen LogP contribution in [-0.4, -0.2) is 18.1 Å². The van der Waals surface area contributed by atoms with Crippen LogP contribution in [0, 0.1) is 0 Å². The quantitative estimate of drug-likeness (QED) is 0.807. The van der Waals surface area contributed by atoms with Gasteiger partial charge in [0.1, 0.15) is 5.54 Å². The SMILES string of the molecule is CCOC(=O)C(CC)(CC)Nc1cccc(Br)c1. The molecule has 0 amide bonds. The maximum atomic E-state index is 12.1. The molecule has 0 bridgehead atoms. The van der Waals surface area contributed by atoms with Crippen molar-refractivity contribution in [1.29, 1.82) is 0 Å². The van der Waals surface area contributed by atoms with Gasteiger partial charge in [0.15, 0.2) is 0 Å². The maximum absolute atomic E-state index is 12.1. The minimum absolute atomic E-state index is 0.185. The normalized spacial score (nSPS) is 11.1. The highest BCUT2D eigenvalue weighted by molar-refractivity contribution is 9.10. The Labute approximate surface area is 117 Å². The molecule has 0 aliphatic heterocycles. The third-order valence-electron chi connectivity index (χ3n) is 3.08. The van der Waals surface area contributed by atoms with E-state index in [9.17, 15) is 4.79 Å². The topological polar surface area (TPSA) is 38.3 Å². The molecule has 0 heterocycles. The van der Waals surface area contributed by atoms with Gasteiger partial charge in [-0.1, -0.05) is 35.8 Å². The van der Waals surface area contributed by atoms with Crippen molar-refractivity contribution in [2.75, 3.05) is 11.9 Å². The Balaban J connectivity index is 2.95. The van der Waals surface area contributed by atoms with Crippen LogP contribution in [0.1, 0.15) is 33.6 Å². The smallest absolute Gasteiger partial charge is 0.331 e. The standard InChI is InChI=1S/C14H20BrNO2/c1-4-14(5-2,13(17)18-6-3)16-12-9-7-8-11(15)10-12/h7-10,16H,4-6H2,1-3H3. The summed E-state index contributed by atoms with van der Waals surface area (Å²) in [4.78, 5) is 12.1. The molecule has 0 aromatic heterocycles. The highest BCUT2D eigenvalue weighted by atomic mass is 79.9. The highest BCUT2D eigenvalue weighted by Gasteiger charge is 2.36. The lowest BCUT2D eigenvalue weighted by atomic mass is 9.92. The van der Waals surface area contributed by atoms with E-state index < -0.39 is 5.54 Å². The Hall–Kier alpha value is -1.03. The summed E-state index contributed by atoms with van der Waals surface area (Å²) >= 11 is 3.43. The van der Waals surface area contributed by atoms with Gasteiger partial charge in [-0.05, 0) is 38.0 Å². The number of benzene rings is 1. The number of carbonyl (C=O) groups excluding carboxylic acids is 1. The van der Waals surface area contributed by atoms with E-state index in [0.717, 1.165) is 10.2 Å². The molecule has 100 valence electrons. The summed E-state index contributed by atoms with van der Waals surface area (Å²) in [6, 6.07) is 7.80. The number of carbonyl (C=O) groups is 1. The van der Waals surface area contributed by atoms with Crippen LogP contribution >= 0.6 is 15.9 Å². The zero-order valence-electron chi connectivity index (χ0n) is 11.1. The molecule has 0 aliphatic rings. The van der Waals surface area contributed by atoms with Crippen LogP contribution in [0.2, 0.25) is 0 Å². The molecule has 0 spiro atoms. The van der Waals surface area contributed by atoms with E-state index >= 15 is 0 Å². The summed E-state index contributed by atoms with van der Waals surface area (Å²) in [5, 5.41) is 3.31. The van der Waals surface area contributed by atoms with Crippen molar-refractivity contribution >= 4 is 27.6 Å². The van der Waals surface area contributed by atoms with Crippen molar-refractivity contribution in [2.45, 2.75) is 39.2 Å². The van der Waals surface area contributed by atoms with Crippen molar-refractivity contribution in [3.8, 4) is 0 Å². The molecule has 0 atom stereocenters. The van der Waals surface area contributed by atoms with Crippen molar-refractivity contribution in [3.63, 3.8) is 0 Å². The second-order valence-electron chi connectivity index (χ2n) is 4.15. The summed E-state index contributed by atoms with van der Waals surface area (Å²) < 4.78 is 6.16. The molecule has 0 saturated carbocycles. The Morgan fingerprint density at radius 1 is 1.33 bits per heavy atom. The molecule has 1 N–H and O–H groups in total. The molecule has 0 radical (unpaired) electrons. The second-order valence-corrected chi connectivity index (χ2v) is 5.06. The van der Waals surface area contributed by atoms with Crippen LogP contribution in [0.25, 0.3) is 0 Å². The van der Waals surface area contributed by atoms with Crippen molar-refractivity contribution < 1.29 is 9.53 Å². The summed E-state index contributed by atoms with van der Waals surface area (Å²) in [7, 11) is 0. The fourth-order valence-electron chi connectivity index (χ4n) is 1.88. The number of hydrogen-bond donors (Lipinski definition) is 1. The van der Waals surface area contributed by atoms with Crippen LogP contribution < -0.4 is 5.32 Å². The van der Waals surface area contributed by atoms with E-state index in [1.807, 2.05) is 45.0 Å². The zero-order valence-corrected chi connectivity index (χ0v) is 12.7. The van der Waals surface area contributed by atoms with E-state index in [1.54, 1.807) is 0 Å². The number of ether oxygens (including phenoxy) is 1. The molecule has 1 aromatic carbocycles. The minimum atomic E-state index is -0.642. The van der Waals surface area contributed by atoms with Crippen LogP contribution in [-0.2, 0) is 9.53 Å². The van der Waals surface area contributed by atoms with E-state index in [-0.39, 0.29) is 5.97 Å². The van der Waals surface area contributed by atoms with Gasteiger partial charge in [-0.15, -0.1) is 0 Å². The number of esters is 1. The fraction of sp³-hybridized carbons (Fsp3) is 0.500. The molecular weight excluding hydrogens is 294 g/mol. The molecule has 0 saturated heterocycles. The average molecular weight is 314 g/mol. The first-order chi connectivity index (χ1) is 8.57. The Morgan fingerprint density at radius 3 is 2.50 bits per heavy atom. The number of rotatable bonds is 6. The highest BCUT2D eigenvalue weighted by Crippen LogP contribution is 2.25. The summed E-state index contributed by atoms with van der Waals surface area (Å²) in [6.07, 6.45) is 1.38. The molecule has 4 heteroatoms. The first kappa shape index (κ1) is 15.0. The Bertz CT molecular complexity index is 403. The zero-order chi connectivity index (χ0) is 13.6. The van der Waals surface area contributed by atoms with Crippen molar-refractivity contribution in [3.05, 3.63) is 28.7 Å². The molecular formula is C14H20BrNO2. The van der Waals surface area contributed by atoms with Crippen LogP contribution in [0.3, 0.4) is 0 Å². The van der Waals surface area contributed by atoms with Gasteiger partial charge in [0.25, 0.3) is 0 Å². The van der Waals surface area contributed by atoms with E-state index in [2.05, 4.69) is 21.2 Å². The third kappa shape index (κ3) is 3.48. The van der Waals surface area contributed by atoms with Crippen molar-refractivity contribution in [2.24, 2.45) is 0 Å². The molecule has 1 rings (SSSR count). The average Bonchev–Trinajstić information content (AvgIpc) is 2.36. The van der Waals surface area contributed by atoms with Crippen LogP contribution in [0.15, 0.2) is 28.7 Å². The van der Waals surface area contributed by atoms with Crippen LogP contribution in [0.5, 0.6) is 0 Å². The molecule has 0 aliphatic carbocycles. The Kier molecular flexibility index (Phi) is 5.66. The lowest BCUT2D eigenvalue weighted by molar-refractivity contribution is -0.148. The Morgan fingerprint density at radius 2 is 2.00 bits per heavy atom. The molecule has 0 fully saturated rings. The predicted molar refractivity (Wildman–Crippen MR) is 77.7 cm³/mol. The lowest BCUT2D eigenvalue weighted by Gasteiger charge is -2.31. The van der Waals surface area contributed by atoms with Crippen LogP contribution in [0.4, 0.5) is 5.69 Å². The van der Waals surface area contributed by atoms with E-state index in [4.69, 9.17) is 4.74 Å². The van der Waals surface area contributed by atoms with Crippen molar-refractivity contribution in [1.82, 2.24) is 0 Å². The van der Waals surface area contributed by atoms with Gasteiger partial charge >= 0.3 is 5.97 Å². The van der Waals surface area contributed by atoms with E-state index in [0.29, 0.717) is 19.4 Å². The first-order valence-electron chi connectivity index (χ1n) is 6.29. The first-order valence-corrected chi connectivity index (χ1v) is 7.08. The lowest BCUT2D eigenvalue weighted by Crippen LogP contribution is -2.46. The van der Waals surface area contributed by atoms with Gasteiger partial charge in [0.2, 0.25) is 0 Å². The predicted octanol–water partition coefficient (Wildman–Crippen LogP) is 3.98. The fourth-order valence-corrected chi connectivity index (χ4v) is 2.28. The minimum Gasteiger partial charge on any atom is -0.464 e. The number of hydrogen-bond acceptors (Lipinski definition) is 3. The summed E-state index contributed by atoms with van der Waals surface area (Å²) in [5.74, 6) is -0.185.